The summed E-state index contributed by atoms with van der Waals surface area (Å²) in [6, 6.07) is 22.8. The minimum Gasteiger partial charge on any atom is -0.504 e. The first-order valence-electron chi connectivity index (χ1n) is 25.3. The van der Waals surface area contributed by atoms with Crippen molar-refractivity contribution in [3.8, 4) is 23.0 Å². The zero-order valence-electron chi connectivity index (χ0n) is 38.9. The second-order valence-electron chi connectivity index (χ2n) is 22.0. The maximum Gasteiger partial charge on any atom is 0.251 e. The number of nitrogens with one attached hydrogen (secondary N) is 2. The Kier molecular flexibility index (Phi) is 10.8. The van der Waals surface area contributed by atoms with Crippen LogP contribution >= 0.6 is 45.2 Å². The van der Waals surface area contributed by atoms with E-state index in [-0.39, 0.29) is 64.6 Å². The fourth-order valence-electron chi connectivity index (χ4n) is 15.4. The van der Waals surface area contributed by atoms with Gasteiger partial charge in [0.2, 0.25) is 0 Å². The number of carbonyl (C=O) groups excluding carboxylic acids is 2. The molecule has 4 aromatic carbocycles. The SMILES string of the molecule is CO[C@@]12CC[C@@H](NC(=O)c3cccc(I)c3)C3Oc4c(O)ccc5c4[C@@]31CCN(CC1CC1)C2C5.O=C(N[C@@H]1CC[C@@]2(O)C3Cc4ccc(O)c5c4[C@@]2(CCN3CC2CC2)C1O5)c1cccc(I)c1. The highest BCUT2D eigenvalue weighted by molar-refractivity contribution is 14.1. The fourth-order valence-corrected chi connectivity index (χ4v) is 16.5. The number of benzene rings is 4. The van der Waals surface area contributed by atoms with Crippen LogP contribution < -0.4 is 20.1 Å². The summed E-state index contributed by atoms with van der Waals surface area (Å²) in [6.45, 7) is 4.11. The number of amides is 2. The number of halogens is 2. The summed E-state index contributed by atoms with van der Waals surface area (Å²) >= 11 is 4.45. The molecule has 6 fully saturated rings. The van der Waals surface area contributed by atoms with Crippen LogP contribution in [0.2, 0.25) is 0 Å². The average molecular weight is 1160 g/mol. The normalized spacial score (nSPS) is 35.1. The largest absolute Gasteiger partial charge is 0.504 e. The zero-order valence-corrected chi connectivity index (χ0v) is 43.2. The monoisotopic (exact) mass is 1160 g/mol. The van der Waals surface area contributed by atoms with Crippen molar-refractivity contribution in [2.45, 2.75) is 135 Å². The summed E-state index contributed by atoms with van der Waals surface area (Å²) in [5, 5.41) is 40.7. The van der Waals surface area contributed by atoms with Gasteiger partial charge in [0.15, 0.2) is 23.0 Å². The molecule has 0 aromatic heterocycles. The number of hydrogen-bond acceptors (Lipinski definition) is 10. The summed E-state index contributed by atoms with van der Waals surface area (Å²) < 4.78 is 21.9. The summed E-state index contributed by atoms with van der Waals surface area (Å²) in [5.74, 6) is 2.84. The predicted octanol–water partition coefficient (Wildman–Crippen LogP) is 7.37. The van der Waals surface area contributed by atoms with E-state index in [9.17, 15) is 24.9 Å². The first-order chi connectivity index (χ1) is 33.4. The quantitative estimate of drug-likeness (QED) is 0.108. The molecular formula is C55H60I2N4O8. The Bertz CT molecular complexity index is 2790. The van der Waals surface area contributed by atoms with E-state index in [0.717, 1.165) is 94.8 Å². The van der Waals surface area contributed by atoms with Crippen LogP contribution in [-0.2, 0) is 28.4 Å². The van der Waals surface area contributed by atoms with E-state index >= 15 is 0 Å². The Morgan fingerprint density at radius 2 is 1.16 bits per heavy atom. The van der Waals surface area contributed by atoms with Gasteiger partial charge in [-0.1, -0.05) is 24.3 Å². The van der Waals surface area contributed by atoms with Gasteiger partial charge < -0.3 is 40.2 Å². The number of aromatic hydroxyl groups is 2. The number of piperidine rings is 2. The van der Waals surface area contributed by atoms with Gasteiger partial charge in [0.1, 0.15) is 12.2 Å². The lowest BCUT2D eigenvalue weighted by atomic mass is 9.48. The van der Waals surface area contributed by atoms with Crippen molar-refractivity contribution in [3.63, 3.8) is 0 Å². The van der Waals surface area contributed by atoms with Gasteiger partial charge in [-0.15, -0.1) is 0 Å². The molecule has 4 bridgehead atoms. The Labute approximate surface area is 430 Å². The van der Waals surface area contributed by atoms with Crippen molar-refractivity contribution in [2.75, 3.05) is 33.3 Å². The number of carbonyl (C=O) groups is 2. The molecule has 4 unspecified atom stereocenters. The molecule has 4 aromatic rings. The van der Waals surface area contributed by atoms with Crippen LogP contribution in [0.25, 0.3) is 0 Å². The van der Waals surface area contributed by atoms with Crippen molar-refractivity contribution < 1.29 is 39.1 Å². The maximum absolute atomic E-state index is 13.3. The molecule has 362 valence electrons. The van der Waals surface area contributed by atoms with E-state index < -0.39 is 17.1 Å². The molecular weight excluding hydrogens is 1100 g/mol. The van der Waals surface area contributed by atoms with Gasteiger partial charge in [0.25, 0.3) is 11.8 Å². The van der Waals surface area contributed by atoms with Crippen molar-refractivity contribution >= 4 is 57.0 Å². The minimum atomic E-state index is -0.930. The molecule has 2 amide bonds. The maximum atomic E-state index is 13.3. The number of aliphatic hydroxyl groups is 1. The highest BCUT2D eigenvalue weighted by atomic mass is 127. The Morgan fingerprint density at radius 1 is 0.667 bits per heavy atom. The van der Waals surface area contributed by atoms with Crippen LogP contribution in [0.1, 0.15) is 107 Å². The number of ether oxygens (including phenoxy) is 3. The number of likely N-dealkylation sites (tertiary alicyclic amines) is 2. The Balaban J connectivity index is 0.000000136. The molecule has 14 heteroatoms. The molecule has 0 radical (unpaired) electrons. The lowest BCUT2D eigenvalue weighted by molar-refractivity contribution is -0.207. The van der Waals surface area contributed by atoms with Gasteiger partial charge in [-0.3, -0.25) is 19.4 Å². The van der Waals surface area contributed by atoms with Crippen LogP contribution in [0.5, 0.6) is 23.0 Å². The Morgan fingerprint density at radius 3 is 1.70 bits per heavy atom. The molecule has 10 atom stereocenters. The number of methoxy groups -OCH3 is 1. The number of rotatable bonds is 9. The van der Waals surface area contributed by atoms with Gasteiger partial charge in [-0.2, -0.15) is 0 Å². The van der Waals surface area contributed by atoms with E-state index in [1.807, 2.05) is 61.7 Å². The van der Waals surface area contributed by atoms with Gasteiger partial charge in [-0.05, 0) is 207 Å². The molecule has 69 heavy (non-hydrogen) atoms. The summed E-state index contributed by atoms with van der Waals surface area (Å²) in [6.07, 6.45) is 10.9. The van der Waals surface area contributed by atoms with E-state index in [1.54, 1.807) is 12.1 Å². The smallest absolute Gasteiger partial charge is 0.251 e. The van der Waals surface area contributed by atoms with Crippen LogP contribution in [-0.4, -0.2) is 118 Å². The number of phenolic OH excluding ortho intramolecular Hbond substituents is 2. The van der Waals surface area contributed by atoms with E-state index in [2.05, 4.69) is 71.7 Å². The van der Waals surface area contributed by atoms with Crippen LogP contribution in [0.4, 0.5) is 0 Å². The van der Waals surface area contributed by atoms with Crippen LogP contribution in [0.15, 0.2) is 72.8 Å². The van der Waals surface area contributed by atoms with E-state index in [0.29, 0.717) is 35.5 Å². The summed E-state index contributed by atoms with van der Waals surface area (Å²) in [5.41, 5.74) is 3.56. The van der Waals surface area contributed by atoms with Crippen LogP contribution in [0, 0.1) is 19.0 Å². The third kappa shape index (κ3) is 6.68. The number of hydrogen-bond donors (Lipinski definition) is 5. The van der Waals surface area contributed by atoms with Crippen molar-refractivity contribution in [3.05, 3.63) is 113 Å². The van der Waals surface area contributed by atoms with Crippen molar-refractivity contribution in [2.24, 2.45) is 11.8 Å². The average Bonchev–Trinajstić information content (AvgIpc) is 4.28. The van der Waals surface area contributed by atoms with Crippen molar-refractivity contribution in [1.29, 1.82) is 0 Å². The molecule has 4 saturated carbocycles. The standard InChI is InChI=1S/C28H31IN2O4.C27H29IN2O4/c1-34-28-10-9-20(30-26(33)18-3-2-4-19(29)13-18)25-27(28)11-12-31(15-16-5-6-16)22(28)14-17-7-8-21(32)24(35-25)23(17)27;28-18-3-1-2-17(12-18)25(32)29-19-8-9-27(33)21-13-16-6-7-20(31)23-22(16)26(27,24(19)34-23)10-11-30(21)14-15-4-5-15/h2-4,7-8,13,16,20,22,25,32H,5-6,9-12,14-15H2,1H3,(H,30,33);1-3,6-7,12,15,19,21,24,31,33H,4-5,8-11,13-14H2,(H,29,32)/t20-,22?,25?,27+,28-;19-,21?,24?,26+,27-/m11/s1. The lowest BCUT2D eigenvalue weighted by Gasteiger charge is -2.65. The highest BCUT2D eigenvalue weighted by Crippen LogP contribution is 2.68. The number of nitrogens with zero attached hydrogens (tertiary/aromatic N) is 2. The molecule has 12 nitrogen and oxygen atoms in total. The van der Waals surface area contributed by atoms with Gasteiger partial charge in [-0.25, -0.2) is 0 Å². The second-order valence-corrected chi connectivity index (χ2v) is 24.5. The molecule has 2 saturated heterocycles. The first-order valence-corrected chi connectivity index (χ1v) is 27.5. The summed E-state index contributed by atoms with van der Waals surface area (Å²) in [7, 11) is 1.86. The van der Waals surface area contributed by atoms with E-state index in [1.165, 1.54) is 36.8 Å². The second kappa shape index (κ2) is 16.4. The minimum absolute atomic E-state index is 0.0447. The summed E-state index contributed by atoms with van der Waals surface area (Å²) in [4.78, 5) is 31.7. The molecule has 4 aliphatic heterocycles. The lowest BCUT2D eigenvalue weighted by Crippen LogP contribution is -2.78. The highest BCUT2D eigenvalue weighted by Gasteiger charge is 2.75. The van der Waals surface area contributed by atoms with Gasteiger partial charge in [0.05, 0.1) is 34.1 Å². The van der Waals surface area contributed by atoms with Gasteiger partial charge >= 0.3 is 0 Å². The third-order valence-electron chi connectivity index (χ3n) is 18.7. The van der Waals surface area contributed by atoms with E-state index in [4.69, 9.17) is 14.2 Å². The predicted molar refractivity (Wildman–Crippen MR) is 275 cm³/mol. The number of phenols is 2. The molecule has 14 rings (SSSR count). The zero-order chi connectivity index (χ0) is 47.2. The first kappa shape index (κ1) is 45.2. The van der Waals surface area contributed by atoms with Gasteiger partial charge in [0, 0.05) is 61.7 Å². The Hall–Kier alpha value is -3.68. The third-order valence-corrected chi connectivity index (χ3v) is 20.0. The molecule has 5 N–H and O–H groups in total. The molecule has 4 heterocycles. The van der Waals surface area contributed by atoms with Crippen LogP contribution in [0.3, 0.4) is 0 Å². The molecule has 10 aliphatic rings. The molecule has 6 aliphatic carbocycles. The fraction of sp³-hybridized carbons (Fsp3) is 0.527. The topological polar surface area (TPSA) is 153 Å². The molecule has 2 spiro atoms. The van der Waals surface area contributed by atoms with Crippen molar-refractivity contribution in [1.82, 2.24) is 20.4 Å².